The van der Waals surface area contributed by atoms with Crippen LogP contribution in [-0.2, 0) is 4.79 Å². The van der Waals surface area contributed by atoms with E-state index in [0.717, 1.165) is 12.8 Å². The van der Waals surface area contributed by atoms with E-state index >= 15 is 0 Å². The van der Waals surface area contributed by atoms with Crippen LogP contribution in [0.15, 0.2) is 12.2 Å². The van der Waals surface area contributed by atoms with E-state index in [1.807, 2.05) is 0 Å². The molecule has 0 aliphatic heterocycles. The second-order valence-electron chi connectivity index (χ2n) is 3.82. The van der Waals surface area contributed by atoms with Gasteiger partial charge in [-0.05, 0) is 31.1 Å². The van der Waals surface area contributed by atoms with Gasteiger partial charge < -0.3 is 5.11 Å². The molecular formula is C10H14O2. The van der Waals surface area contributed by atoms with E-state index in [2.05, 4.69) is 12.2 Å². The van der Waals surface area contributed by atoms with Crippen molar-refractivity contribution in [3.8, 4) is 0 Å². The molecule has 0 aromatic carbocycles. The lowest BCUT2D eigenvalue weighted by Gasteiger charge is -1.99. The predicted octanol–water partition coefficient (Wildman–Crippen LogP) is 2.06. The van der Waals surface area contributed by atoms with E-state index in [1.165, 1.54) is 12.8 Å². The summed E-state index contributed by atoms with van der Waals surface area (Å²) in [6.07, 6.45) is 8.95. The molecule has 2 aliphatic carbocycles. The van der Waals surface area contributed by atoms with Gasteiger partial charge in [0.1, 0.15) is 0 Å². The molecule has 0 radical (unpaired) electrons. The molecule has 0 spiro atoms. The second-order valence-corrected chi connectivity index (χ2v) is 3.82. The third kappa shape index (κ3) is 1.26. The van der Waals surface area contributed by atoms with Crippen LogP contribution >= 0.6 is 0 Å². The molecule has 66 valence electrons. The number of aliphatic carboxylic acids is 1. The predicted molar refractivity (Wildman–Crippen MR) is 45.7 cm³/mol. The summed E-state index contributed by atoms with van der Waals surface area (Å²) in [5.74, 6) is 0.165. The summed E-state index contributed by atoms with van der Waals surface area (Å²) in [4.78, 5) is 10.7. The monoisotopic (exact) mass is 166 g/mol. The minimum Gasteiger partial charge on any atom is -0.481 e. The van der Waals surface area contributed by atoms with Crippen LogP contribution in [-0.4, -0.2) is 11.1 Å². The molecule has 0 heterocycles. The molecule has 3 unspecified atom stereocenters. The summed E-state index contributed by atoms with van der Waals surface area (Å²) in [6.45, 7) is 0. The van der Waals surface area contributed by atoms with Crippen LogP contribution in [0.25, 0.3) is 0 Å². The fourth-order valence-electron chi connectivity index (χ4n) is 2.28. The first-order valence-electron chi connectivity index (χ1n) is 4.70. The third-order valence-corrected chi connectivity index (χ3v) is 3.03. The average molecular weight is 166 g/mol. The molecule has 2 aliphatic rings. The third-order valence-electron chi connectivity index (χ3n) is 3.03. The first-order valence-corrected chi connectivity index (χ1v) is 4.70. The highest BCUT2D eigenvalue weighted by atomic mass is 16.4. The first-order chi connectivity index (χ1) is 5.80. The number of hydrogen-bond acceptors (Lipinski definition) is 1. The van der Waals surface area contributed by atoms with Crippen molar-refractivity contribution >= 4 is 5.97 Å². The normalized spacial score (nSPS) is 42.2. The Bertz CT molecular complexity index is 220. The quantitative estimate of drug-likeness (QED) is 0.605. The number of carbonyl (C=O) groups is 1. The second kappa shape index (κ2) is 2.92. The van der Waals surface area contributed by atoms with Crippen LogP contribution in [0.1, 0.15) is 25.7 Å². The van der Waals surface area contributed by atoms with Crippen LogP contribution in [0.3, 0.4) is 0 Å². The maximum atomic E-state index is 10.7. The van der Waals surface area contributed by atoms with E-state index < -0.39 is 5.97 Å². The number of rotatable bonds is 1. The summed E-state index contributed by atoms with van der Waals surface area (Å²) < 4.78 is 0. The van der Waals surface area contributed by atoms with Crippen LogP contribution < -0.4 is 0 Å². The van der Waals surface area contributed by atoms with Gasteiger partial charge in [-0.1, -0.05) is 18.6 Å². The molecule has 1 N–H and O–H groups in total. The minimum atomic E-state index is -0.600. The van der Waals surface area contributed by atoms with Crippen LogP contribution in [0, 0.1) is 17.8 Å². The highest BCUT2D eigenvalue weighted by molar-refractivity contribution is 5.74. The fraction of sp³-hybridized carbons (Fsp3) is 0.700. The Kier molecular flexibility index (Phi) is 1.91. The molecule has 0 aromatic heterocycles. The zero-order valence-corrected chi connectivity index (χ0v) is 7.07. The zero-order valence-electron chi connectivity index (χ0n) is 7.07. The molecule has 0 aromatic rings. The summed E-state index contributed by atoms with van der Waals surface area (Å²) in [5, 5.41) is 8.83. The Hall–Kier alpha value is -0.790. The van der Waals surface area contributed by atoms with Gasteiger partial charge >= 0.3 is 5.97 Å². The molecular weight excluding hydrogens is 152 g/mol. The van der Waals surface area contributed by atoms with Crippen molar-refractivity contribution in [2.45, 2.75) is 25.7 Å². The lowest BCUT2D eigenvalue weighted by atomic mass is 10.1. The van der Waals surface area contributed by atoms with Gasteiger partial charge in [-0.25, -0.2) is 0 Å². The van der Waals surface area contributed by atoms with Gasteiger partial charge in [-0.15, -0.1) is 0 Å². The van der Waals surface area contributed by atoms with Crippen molar-refractivity contribution in [3.63, 3.8) is 0 Å². The lowest BCUT2D eigenvalue weighted by molar-refractivity contribution is -0.139. The average Bonchev–Trinajstić information content (AvgIpc) is 2.60. The van der Waals surface area contributed by atoms with Crippen molar-refractivity contribution in [1.82, 2.24) is 0 Å². The number of carboxylic acid groups (broad SMARTS) is 1. The van der Waals surface area contributed by atoms with E-state index in [-0.39, 0.29) is 5.92 Å². The Labute approximate surface area is 72.3 Å². The molecule has 1 saturated carbocycles. The molecule has 0 amide bonds. The van der Waals surface area contributed by atoms with Crippen molar-refractivity contribution in [2.24, 2.45) is 17.8 Å². The van der Waals surface area contributed by atoms with Gasteiger partial charge in [0, 0.05) is 0 Å². The molecule has 3 atom stereocenters. The van der Waals surface area contributed by atoms with Crippen molar-refractivity contribution in [2.75, 3.05) is 0 Å². The molecule has 12 heavy (non-hydrogen) atoms. The number of carboxylic acids is 1. The molecule has 2 nitrogen and oxygen atoms in total. The Morgan fingerprint density at radius 3 is 3.00 bits per heavy atom. The van der Waals surface area contributed by atoms with Gasteiger partial charge in [0.25, 0.3) is 0 Å². The van der Waals surface area contributed by atoms with E-state index in [4.69, 9.17) is 5.11 Å². The van der Waals surface area contributed by atoms with Crippen molar-refractivity contribution in [1.29, 1.82) is 0 Å². The summed E-state index contributed by atoms with van der Waals surface area (Å²) >= 11 is 0. The zero-order chi connectivity index (χ0) is 8.55. The minimum absolute atomic E-state index is 0.0562. The highest BCUT2D eigenvalue weighted by Crippen LogP contribution is 2.51. The van der Waals surface area contributed by atoms with Crippen molar-refractivity contribution in [3.05, 3.63) is 12.2 Å². The molecule has 1 fully saturated rings. The number of hydrogen-bond donors (Lipinski definition) is 1. The van der Waals surface area contributed by atoms with Crippen LogP contribution in [0.5, 0.6) is 0 Å². The molecule has 0 bridgehead atoms. The summed E-state index contributed by atoms with van der Waals surface area (Å²) in [6, 6.07) is 0. The van der Waals surface area contributed by atoms with Gasteiger partial charge in [0.05, 0.1) is 5.92 Å². The van der Waals surface area contributed by atoms with Crippen LogP contribution in [0.2, 0.25) is 0 Å². The Morgan fingerprint density at radius 1 is 1.42 bits per heavy atom. The standard InChI is InChI=1S/C10H14O2/c11-10(12)9-7-5-3-1-2-4-6-8(7)9/h3,5,7-9H,1-2,4,6H2,(H,11,12)/b5-3+. The maximum Gasteiger partial charge on any atom is 0.307 e. The SMILES string of the molecule is O=C(O)C1C2/C=C/CCCCC21. The number of allylic oxidation sites excluding steroid dienone is 2. The van der Waals surface area contributed by atoms with Gasteiger partial charge in [0.2, 0.25) is 0 Å². The van der Waals surface area contributed by atoms with Crippen molar-refractivity contribution < 1.29 is 9.90 Å². The molecule has 2 heteroatoms. The lowest BCUT2D eigenvalue weighted by Crippen LogP contribution is -1.99. The fourth-order valence-corrected chi connectivity index (χ4v) is 2.28. The van der Waals surface area contributed by atoms with Gasteiger partial charge in [-0.3, -0.25) is 4.79 Å². The topological polar surface area (TPSA) is 37.3 Å². The smallest absolute Gasteiger partial charge is 0.307 e. The first kappa shape index (κ1) is 7.84. The van der Waals surface area contributed by atoms with Gasteiger partial charge in [-0.2, -0.15) is 0 Å². The van der Waals surface area contributed by atoms with E-state index in [0.29, 0.717) is 11.8 Å². The van der Waals surface area contributed by atoms with E-state index in [1.54, 1.807) is 0 Å². The molecule has 2 rings (SSSR count). The Morgan fingerprint density at radius 2 is 2.25 bits per heavy atom. The molecule has 0 saturated heterocycles. The largest absolute Gasteiger partial charge is 0.481 e. The van der Waals surface area contributed by atoms with Gasteiger partial charge in [0.15, 0.2) is 0 Å². The highest BCUT2D eigenvalue weighted by Gasteiger charge is 2.52. The van der Waals surface area contributed by atoms with Crippen LogP contribution in [0.4, 0.5) is 0 Å². The maximum absolute atomic E-state index is 10.7. The van der Waals surface area contributed by atoms with E-state index in [9.17, 15) is 4.79 Å². The Balaban J connectivity index is 2.03. The number of fused-ring (bicyclic) bond motifs is 1. The summed E-state index contributed by atoms with van der Waals surface area (Å²) in [7, 11) is 0. The summed E-state index contributed by atoms with van der Waals surface area (Å²) in [5.41, 5.74) is 0.